The van der Waals surface area contributed by atoms with E-state index in [1.165, 1.54) is 29.4 Å². The van der Waals surface area contributed by atoms with Gasteiger partial charge in [0.25, 0.3) is 0 Å². The van der Waals surface area contributed by atoms with E-state index in [1.807, 2.05) is 36.4 Å². The number of methoxy groups -OCH3 is 1. The number of fused-ring (bicyclic) bond motifs is 2. The van der Waals surface area contributed by atoms with Gasteiger partial charge in [-0.2, -0.15) is 5.26 Å². The molecule has 1 aliphatic carbocycles. The van der Waals surface area contributed by atoms with E-state index < -0.39 is 0 Å². The number of nitrogens with one attached hydrogen (secondary N) is 1. The molecule has 2 aliphatic rings. The fraction of sp³-hybridized carbons (Fsp3) is 0.423. The maximum atomic E-state index is 9.23. The van der Waals surface area contributed by atoms with Crippen LogP contribution >= 0.6 is 0 Å². The molecule has 1 N–H and O–H groups in total. The minimum absolute atomic E-state index is 0.387. The van der Waals surface area contributed by atoms with Crippen molar-refractivity contribution in [1.29, 1.82) is 5.26 Å². The van der Waals surface area contributed by atoms with Crippen LogP contribution in [0.5, 0.6) is 11.5 Å². The number of H-pyrrole nitrogens is 1. The third kappa shape index (κ3) is 4.26. The number of benzene rings is 2. The summed E-state index contributed by atoms with van der Waals surface area (Å²) in [6.07, 6.45) is 7.87. The van der Waals surface area contributed by atoms with Crippen LogP contribution in [0.25, 0.3) is 10.9 Å². The molecule has 0 saturated heterocycles. The number of rotatable bonds is 8. The fourth-order valence-corrected chi connectivity index (χ4v) is 4.77. The lowest BCUT2D eigenvalue weighted by Gasteiger charge is -2.35. The molecule has 1 fully saturated rings. The molecular formula is C26H29N3O2. The topological polar surface area (TPSA) is 61.3 Å². The average molecular weight is 416 g/mol. The van der Waals surface area contributed by atoms with E-state index in [4.69, 9.17) is 9.47 Å². The summed E-state index contributed by atoms with van der Waals surface area (Å²) >= 11 is 0. The van der Waals surface area contributed by atoms with Crippen molar-refractivity contribution >= 4 is 10.9 Å². The zero-order valence-electron chi connectivity index (χ0n) is 18.1. The van der Waals surface area contributed by atoms with Gasteiger partial charge in [-0.25, -0.2) is 0 Å². The number of ether oxygens (including phenoxy) is 2. The fourth-order valence-electron chi connectivity index (χ4n) is 4.77. The van der Waals surface area contributed by atoms with Crippen LogP contribution in [0.2, 0.25) is 0 Å². The zero-order chi connectivity index (χ0) is 21.2. The predicted octanol–water partition coefficient (Wildman–Crippen LogP) is 4.70. The first kappa shape index (κ1) is 20.0. The largest absolute Gasteiger partial charge is 0.496 e. The van der Waals surface area contributed by atoms with Crippen molar-refractivity contribution in [3.8, 4) is 17.6 Å². The lowest BCUT2D eigenvalue weighted by atomic mass is 9.99. The molecule has 5 rings (SSSR count). The number of aromatic nitrogens is 1. The van der Waals surface area contributed by atoms with Crippen molar-refractivity contribution in [2.24, 2.45) is 5.92 Å². The van der Waals surface area contributed by atoms with E-state index in [0.29, 0.717) is 6.04 Å². The summed E-state index contributed by atoms with van der Waals surface area (Å²) in [7, 11) is 1.74. The van der Waals surface area contributed by atoms with Gasteiger partial charge in [0.2, 0.25) is 0 Å². The van der Waals surface area contributed by atoms with Crippen LogP contribution in [-0.2, 0) is 12.8 Å². The smallest absolute Gasteiger partial charge is 0.126 e. The van der Waals surface area contributed by atoms with Gasteiger partial charge < -0.3 is 14.5 Å². The molecule has 160 valence electrons. The van der Waals surface area contributed by atoms with Gasteiger partial charge in [-0.05, 0) is 80.5 Å². The van der Waals surface area contributed by atoms with E-state index in [9.17, 15) is 5.26 Å². The molecule has 5 heteroatoms. The van der Waals surface area contributed by atoms with Crippen molar-refractivity contribution in [1.82, 2.24) is 9.88 Å². The van der Waals surface area contributed by atoms with E-state index in [1.54, 1.807) is 7.11 Å². The van der Waals surface area contributed by atoms with Crippen LogP contribution in [0.3, 0.4) is 0 Å². The SMILES string of the molecule is COc1cccc2c1CC(N(CCCc1c[nH]c3ccc(C#N)cc13)CC1CC1)CO2. The number of hydrogen-bond acceptors (Lipinski definition) is 4. The molecule has 3 aromatic rings. The number of nitriles is 1. The van der Waals surface area contributed by atoms with Crippen molar-refractivity contribution in [2.75, 3.05) is 26.8 Å². The molecule has 0 radical (unpaired) electrons. The molecule has 0 bridgehead atoms. The Kier molecular flexibility index (Phi) is 5.57. The van der Waals surface area contributed by atoms with Gasteiger partial charge in [0.05, 0.1) is 18.7 Å². The first-order valence-corrected chi connectivity index (χ1v) is 11.3. The molecule has 1 aliphatic heterocycles. The van der Waals surface area contributed by atoms with Crippen molar-refractivity contribution in [3.05, 3.63) is 59.3 Å². The van der Waals surface area contributed by atoms with Crippen molar-refractivity contribution in [3.63, 3.8) is 0 Å². The molecule has 0 amide bonds. The lowest BCUT2D eigenvalue weighted by molar-refractivity contribution is 0.112. The second-order valence-electron chi connectivity index (χ2n) is 8.83. The van der Waals surface area contributed by atoms with Gasteiger partial charge >= 0.3 is 0 Å². The third-order valence-electron chi connectivity index (χ3n) is 6.67. The van der Waals surface area contributed by atoms with Crippen LogP contribution in [-0.4, -0.2) is 42.7 Å². The Bertz CT molecular complexity index is 1100. The second kappa shape index (κ2) is 8.64. The van der Waals surface area contributed by atoms with Crippen molar-refractivity contribution in [2.45, 2.75) is 38.1 Å². The summed E-state index contributed by atoms with van der Waals surface area (Å²) in [5.41, 5.74) is 4.32. The number of hydrogen-bond donors (Lipinski definition) is 1. The summed E-state index contributed by atoms with van der Waals surface area (Å²) in [6, 6.07) is 14.6. The minimum Gasteiger partial charge on any atom is -0.496 e. The molecular weight excluding hydrogens is 386 g/mol. The molecule has 5 nitrogen and oxygen atoms in total. The molecule has 1 aromatic heterocycles. The Hall–Kier alpha value is -2.97. The zero-order valence-corrected chi connectivity index (χ0v) is 18.1. The highest BCUT2D eigenvalue weighted by atomic mass is 16.5. The molecule has 31 heavy (non-hydrogen) atoms. The molecule has 2 aromatic carbocycles. The molecule has 2 heterocycles. The van der Waals surface area contributed by atoms with E-state index >= 15 is 0 Å². The van der Waals surface area contributed by atoms with Crippen LogP contribution < -0.4 is 9.47 Å². The highest BCUT2D eigenvalue weighted by Crippen LogP contribution is 2.36. The molecule has 0 spiro atoms. The number of aromatic amines is 1. The highest BCUT2D eigenvalue weighted by Gasteiger charge is 2.31. The first-order chi connectivity index (χ1) is 15.2. The summed E-state index contributed by atoms with van der Waals surface area (Å²) in [4.78, 5) is 5.99. The van der Waals surface area contributed by atoms with Crippen LogP contribution in [0.4, 0.5) is 0 Å². The molecule has 1 unspecified atom stereocenters. The summed E-state index contributed by atoms with van der Waals surface area (Å²) in [5, 5.41) is 10.4. The van der Waals surface area contributed by atoms with Gasteiger partial charge in [-0.3, -0.25) is 4.90 Å². The van der Waals surface area contributed by atoms with E-state index in [2.05, 4.69) is 22.1 Å². The minimum atomic E-state index is 0.387. The average Bonchev–Trinajstić information content (AvgIpc) is 3.55. The third-order valence-corrected chi connectivity index (χ3v) is 6.67. The maximum Gasteiger partial charge on any atom is 0.126 e. The Morgan fingerprint density at radius 1 is 1.26 bits per heavy atom. The van der Waals surface area contributed by atoms with Gasteiger partial charge in [0, 0.05) is 35.2 Å². The number of nitrogens with zero attached hydrogens (tertiary/aromatic N) is 2. The Labute approximate surface area is 183 Å². The van der Waals surface area contributed by atoms with Crippen LogP contribution in [0.1, 0.15) is 36.0 Å². The second-order valence-corrected chi connectivity index (χ2v) is 8.83. The number of aryl methyl sites for hydroxylation is 1. The normalized spacial score (nSPS) is 17.9. The molecule has 1 saturated carbocycles. The van der Waals surface area contributed by atoms with Gasteiger partial charge in [0.1, 0.15) is 18.1 Å². The van der Waals surface area contributed by atoms with Crippen LogP contribution in [0, 0.1) is 17.2 Å². The predicted molar refractivity (Wildman–Crippen MR) is 122 cm³/mol. The lowest BCUT2D eigenvalue weighted by Crippen LogP contribution is -2.44. The highest BCUT2D eigenvalue weighted by molar-refractivity contribution is 5.84. The maximum absolute atomic E-state index is 9.23. The Morgan fingerprint density at radius 2 is 2.16 bits per heavy atom. The van der Waals surface area contributed by atoms with E-state index in [-0.39, 0.29) is 0 Å². The van der Waals surface area contributed by atoms with Crippen LogP contribution in [0.15, 0.2) is 42.6 Å². The van der Waals surface area contributed by atoms with E-state index in [0.717, 1.165) is 67.5 Å². The summed E-state index contributed by atoms with van der Waals surface area (Å²) in [5.74, 6) is 2.74. The van der Waals surface area contributed by atoms with Crippen molar-refractivity contribution < 1.29 is 9.47 Å². The Balaban J connectivity index is 1.28. The summed E-state index contributed by atoms with van der Waals surface area (Å²) < 4.78 is 11.7. The van der Waals surface area contributed by atoms with Gasteiger partial charge in [-0.15, -0.1) is 0 Å². The first-order valence-electron chi connectivity index (χ1n) is 11.3. The Morgan fingerprint density at radius 3 is 2.97 bits per heavy atom. The molecule has 1 atom stereocenters. The van der Waals surface area contributed by atoms with Gasteiger partial charge in [0.15, 0.2) is 0 Å². The van der Waals surface area contributed by atoms with Gasteiger partial charge in [-0.1, -0.05) is 6.07 Å². The summed E-state index contributed by atoms with van der Waals surface area (Å²) in [6.45, 7) is 2.95. The standard InChI is InChI=1S/C26H29N3O2/c1-30-25-5-2-6-26-23(25)13-21(17-31-26)29(16-18-7-8-18)11-3-4-20-15-28-24-10-9-19(14-27)12-22(20)24/h2,5-6,9-10,12,15,18,21,28H,3-4,7-8,11,13,16-17H2,1H3. The quantitative estimate of drug-likeness (QED) is 0.579. The monoisotopic (exact) mass is 415 g/mol.